The topological polar surface area (TPSA) is 0 Å². The van der Waals surface area contributed by atoms with E-state index in [2.05, 4.69) is 37.4 Å². The highest BCUT2D eigenvalue weighted by Crippen LogP contribution is 2.45. The standard InChI is InChI=1S/C10H20S2/c1-3-4-5-7-10(2)11-8-6-9-12-10/h3-9H2,1-2H3. The average Bonchev–Trinajstić information content (AvgIpc) is 2.06. The summed E-state index contributed by atoms with van der Waals surface area (Å²) < 4.78 is 0.563. The normalized spacial score (nSPS) is 22.5. The van der Waals surface area contributed by atoms with E-state index < -0.39 is 0 Å². The van der Waals surface area contributed by atoms with Crippen LogP contribution in [-0.2, 0) is 0 Å². The number of thioether (sulfide) groups is 2. The highest BCUT2D eigenvalue weighted by atomic mass is 32.2. The van der Waals surface area contributed by atoms with Crippen LogP contribution in [0.5, 0.6) is 0 Å². The first-order valence-electron chi connectivity index (χ1n) is 5.05. The molecule has 0 nitrogen and oxygen atoms in total. The zero-order valence-corrected chi connectivity index (χ0v) is 9.90. The minimum absolute atomic E-state index is 0.563. The van der Waals surface area contributed by atoms with Crippen LogP contribution in [0.3, 0.4) is 0 Å². The maximum atomic E-state index is 2.43. The summed E-state index contributed by atoms with van der Waals surface area (Å²) in [5, 5.41) is 0. The van der Waals surface area contributed by atoms with Gasteiger partial charge in [-0.25, -0.2) is 0 Å². The van der Waals surface area contributed by atoms with E-state index in [-0.39, 0.29) is 0 Å². The lowest BCUT2D eigenvalue weighted by Crippen LogP contribution is -2.20. The molecule has 1 saturated heterocycles. The van der Waals surface area contributed by atoms with Gasteiger partial charge in [-0.2, -0.15) is 0 Å². The van der Waals surface area contributed by atoms with E-state index in [1.165, 1.54) is 43.6 Å². The molecule has 0 atom stereocenters. The molecule has 0 N–H and O–H groups in total. The molecule has 0 radical (unpaired) electrons. The fourth-order valence-corrected chi connectivity index (χ4v) is 4.55. The van der Waals surface area contributed by atoms with Gasteiger partial charge in [-0.15, -0.1) is 23.5 Å². The van der Waals surface area contributed by atoms with Crippen LogP contribution in [0, 0.1) is 0 Å². The lowest BCUT2D eigenvalue weighted by atomic mass is 10.2. The van der Waals surface area contributed by atoms with Crippen molar-refractivity contribution in [2.75, 3.05) is 11.5 Å². The van der Waals surface area contributed by atoms with Gasteiger partial charge in [0.15, 0.2) is 0 Å². The van der Waals surface area contributed by atoms with Gasteiger partial charge in [0.25, 0.3) is 0 Å². The highest BCUT2D eigenvalue weighted by molar-refractivity contribution is 8.18. The van der Waals surface area contributed by atoms with Gasteiger partial charge >= 0.3 is 0 Å². The molecule has 12 heavy (non-hydrogen) atoms. The van der Waals surface area contributed by atoms with E-state index in [4.69, 9.17) is 0 Å². The molecule has 0 aromatic carbocycles. The maximum Gasteiger partial charge on any atom is 0.0583 e. The second-order valence-corrected chi connectivity index (χ2v) is 7.10. The molecular formula is C10H20S2. The van der Waals surface area contributed by atoms with Crippen molar-refractivity contribution in [3.8, 4) is 0 Å². The lowest BCUT2D eigenvalue weighted by Gasteiger charge is -2.32. The molecular weight excluding hydrogens is 184 g/mol. The van der Waals surface area contributed by atoms with E-state index in [0.717, 1.165) is 0 Å². The summed E-state index contributed by atoms with van der Waals surface area (Å²) in [5.41, 5.74) is 0. The molecule has 0 saturated carbocycles. The molecule has 1 rings (SSSR count). The van der Waals surface area contributed by atoms with E-state index in [1.54, 1.807) is 0 Å². The Balaban J connectivity index is 2.17. The third kappa shape index (κ3) is 3.61. The summed E-state index contributed by atoms with van der Waals surface area (Å²) in [7, 11) is 0. The Morgan fingerprint density at radius 2 is 1.83 bits per heavy atom. The Hall–Kier alpha value is 0.700. The minimum Gasteiger partial charge on any atom is -0.144 e. The minimum atomic E-state index is 0.563. The Bertz CT molecular complexity index is 117. The van der Waals surface area contributed by atoms with E-state index in [9.17, 15) is 0 Å². The summed E-state index contributed by atoms with van der Waals surface area (Å²) >= 11 is 4.36. The zero-order valence-electron chi connectivity index (χ0n) is 8.27. The van der Waals surface area contributed by atoms with Crippen molar-refractivity contribution >= 4 is 23.5 Å². The van der Waals surface area contributed by atoms with Crippen LogP contribution in [-0.4, -0.2) is 15.6 Å². The van der Waals surface area contributed by atoms with Gasteiger partial charge in [0.05, 0.1) is 4.08 Å². The van der Waals surface area contributed by atoms with E-state index in [1.807, 2.05) is 0 Å². The van der Waals surface area contributed by atoms with Crippen molar-refractivity contribution in [2.24, 2.45) is 0 Å². The molecule has 1 heterocycles. The molecule has 0 aliphatic carbocycles. The van der Waals surface area contributed by atoms with Crippen molar-refractivity contribution in [1.82, 2.24) is 0 Å². The summed E-state index contributed by atoms with van der Waals surface area (Å²) in [4.78, 5) is 0. The van der Waals surface area contributed by atoms with Crippen LogP contribution < -0.4 is 0 Å². The van der Waals surface area contributed by atoms with Crippen molar-refractivity contribution in [3.63, 3.8) is 0 Å². The maximum absolute atomic E-state index is 2.43. The number of rotatable bonds is 4. The van der Waals surface area contributed by atoms with E-state index >= 15 is 0 Å². The Kier molecular flexibility index (Phi) is 4.88. The third-order valence-corrected chi connectivity index (χ3v) is 5.66. The quantitative estimate of drug-likeness (QED) is 0.631. The Morgan fingerprint density at radius 1 is 1.17 bits per heavy atom. The first-order valence-corrected chi connectivity index (χ1v) is 7.02. The van der Waals surface area contributed by atoms with Crippen molar-refractivity contribution in [3.05, 3.63) is 0 Å². The van der Waals surface area contributed by atoms with Crippen LogP contribution in [0.4, 0.5) is 0 Å². The second kappa shape index (κ2) is 5.43. The predicted octanol–water partition coefficient (Wildman–Crippen LogP) is 4.15. The largest absolute Gasteiger partial charge is 0.144 e. The first kappa shape index (κ1) is 10.8. The third-order valence-electron chi connectivity index (χ3n) is 2.34. The predicted molar refractivity (Wildman–Crippen MR) is 62.1 cm³/mol. The summed E-state index contributed by atoms with van der Waals surface area (Å²) in [6.45, 7) is 4.71. The van der Waals surface area contributed by atoms with Gasteiger partial charge in [-0.1, -0.05) is 26.2 Å². The summed E-state index contributed by atoms with van der Waals surface area (Å²) in [5.74, 6) is 2.77. The Labute approximate surface area is 85.3 Å². The van der Waals surface area contributed by atoms with Crippen LogP contribution in [0.1, 0.15) is 46.0 Å². The van der Waals surface area contributed by atoms with Crippen molar-refractivity contribution in [2.45, 2.75) is 50.0 Å². The fraction of sp³-hybridized carbons (Fsp3) is 1.00. The molecule has 1 aliphatic heterocycles. The van der Waals surface area contributed by atoms with Crippen molar-refractivity contribution < 1.29 is 0 Å². The molecule has 72 valence electrons. The van der Waals surface area contributed by atoms with Crippen molar-refractivity contribution in [1.29, 1.82) is 0 Å². The van der Waals surface area contributed by atoms with Gasteiger partial charge in [0, 0.05) is 0 Å². The van der Waals surface area contributed by atoms with Gasteiger partial charge in [-0.3, -0.25) is 0 Å². The number of unbranched alkanes of at least 4 members (excludes halogenated alkanes) is 2. The van der Waals surface area contributed by atoms with E-state index in [0.29, 0.717) is 4.08 Å². The van der Waals surface area contributed by atoms with Crippen LogP contribution in [0.25, 0.3) is 0 Å². The monoisotopic (exact) mass is 204 g/mol. The average molecular weight is 204 g/mol. The van der Waals surface area contributed by atoms with Crippen LogP contribution in [0.2, 0.25) is 0 Å². The molecule has 1 aliphatic rings. The molecule has 0 unspecified atom stereocenters. The molecule has 0 bridgehead atoms. The molecule has 2 heteroatoms. The SMILES string of the molecule is CCCCCC1(C)SCCCS1. The molecule has 0 aromatic rings. The van der Waals surface area contributed by atoms with Gasteiger partial charge in [-0.05, 0) is 31.3 Å². The van der Waals surface area contributed by atoms with Gasteiger partial charge < -0.3 is 0 Å². The van der Waals surface area contributed by atoms with Crippen LogP contribution >= 0.6 is 23.5 Å². The zero-order chi connectivity index (χ0) is 8.86. The highest BCUT2D eigenvalue weighted by Gasteiger charge is 2.27. The molecule has 1 fully saturated rings. The van der Waals surface area contributed by atoms with Gasteiger partial charge in [0.1, 0.15) is 0 Å². The molecule has 0 aromatic heterocycles. The Morgan fingerprint density at radius 3 is 2.42 bits per heavy atom. The summed E-state index contributed by atoms with van der Waals surface area (Å²) in [6, 6.07) is 0. The number of hydrogen-bond acceptors (Lipinski definition) is 2. The van der Waals surface area contributed by atoms with Crippen LogP contribution in [0.15, 0.2) is 0 Å². The molecule has 0 spiro atoms. The fourth-order valence-electron chi connectivity index (χ4n) is 1.52. The lowest BCUT2D eigenvalue weighted by molar-refractivity contribution is 0.642. The smallest absolute Gasteiger partial charge is 0.0583 e. The molecule has 0 amide bonds. The number of hydrogen-bond donors (Lipinski definition) is 0. The summed E-state index contributed by atoms with van der Waals surface area (Å²) in [6.07, 6.45) is 7.02. The first-order chi connectivity index (χ1) is 5.77. The van der Waals surface area contributed by atoms with Gasteiger partial charge in [0.2, 0.25) is 0 Å². The second-order valence-electron chi connectivity index (χ2n) is 3.64.